The number of ether oxygens (including phenoxy) is 9. The lowest BCUT2D eigenvalue weighted by Crippen LogP contribution is -2.61. The standard InChI is InChI=1S/C58H100N4O22/c1-34(2)37(31-41(64)38(16-17-44(66)81-55(4,5)6)61-53(74)36(30-46(68)83-57(10,11)12)29-42(65)51-50(72)49(71)48(70)43(33-59)80-51)54(75)62-39(32-47(69)84-58(13,14)15)40(63)28-35(3)52(73)60-19-21-77-23-25-79-27-26-78-24-22-76-20-18-45(67)82-56(7,8)9/h34-39,43,48-51,70-72H,16-33,59H2,1-15H3,(H,60,73)(H,61,74)(H,62,75)/t35-,36+,37+,38+,39+,43?,48?,49?,50?,51?/m1/s1. The van der Waals surface area contributed by atoms with E-state index >= 15 is 0 Å². The van der Waals surface area contributed by atoms with Crippen molar-refractivity contribution in [2.24, 2.45) is 29.4 Å². The van der Waals surface area contributed by atoms with Gasteiger partial charge in [-0.3, -0.25) is 47.9 Å². The zero-order valence-electron chi connectivity index (χ0n) is 52.3. The molecule has 26 nitrogen and oxygen atoms in total. The maximum Gasteiger partial charge on any atom is 0.308 e. The molecule has 0 aromatic heterocycles. The number of aliphatic hydroxyl groups excluding tert-OH is 3. The fourth-order valence-corrected chi connectivity index (χ4v) is 8.20. The van der Waals surface area contributed by atoms with Crippen LogP contribution in [0.15, 0.2) is 0 Å². The molecule has 0 saturated carbocycles. The highest BCUT2D eigenvalue weighted by molar-refractivity contribution is 5.98. The summed E-state index contributed by atoms with van der Waals surface area (Å²) in [5.41, 5.74) is 2.14. The third-order valence-corrected chi connectivity index (χ3v) is 12.2. The third kappa shape index (κ3) is 33.0. The van der Waals surface area contributed by atoms with Gasteiger partial charge in [-0.25, -0.2) is 0 Å². The van der Waals surface area contributed by atoms with Gasteiger partial charge in [0.15, 0.2) is 17.3 Å². The van der Waals surface area contributed by atoms with Crippen molar-refractivity contribution in [1.29, 1.82) is 0 Å². The molecule has 1 saturated heterocycles. The SMILES string of the molecule is CC(C)[C@H](CC(=O)[C@H](CCC(=O)OC(C)(C)C)NC(=O)[C@H](CC(=O)OC(C)(C)C)CC(=O)C1OC(CN)C(O)C(O)C1O)C(=O)N[C@@H](CC(=O)OC(C)(C)C)C(=O)C[C@@H](C)C(=O)NCCOCCOCCOCCOCCC(=O)OC(C)(C)C. The van der Waals surface area contributed by atoms with Crippen molar-refractivity contribution in [3.63, 3.8) is 0 Å². The van der Waals surface area contributed by atoms with Gasteiger partial charge in [0.1, 0.15) is 46.8 Å². The first-order valence-electron chi connectivity index (χ1n) is 28.8. The molecule has 84 heavy (non-hydrogen) atoms. The van der Waals surface area contributed by atoms with Gasteiger partial charge in [-0.05, 0) is 95.4 Å². The Kier molecular flexibility index (Phi) is 33.7. The van der Waals surface area contributed by atoms with Crippen LogP contribution in [0.1, 0.15) is 155 Å². The molecule has 26 heteroatoms. The molecule has 0 aromatic rings. The number of ketones is 3. The number of amides is 3. The normalized spacial score (nSPS) is 19.4. The smallest absolute Gasteiger partial charge is 0.308 e. The number of rotatable bonds is 38. The number of esters is 4. The summed E-state index contributed by atoms with van der Waals surface area (Å²) in [5.74, 6) is -12.1. The molecular formula is C58H100N4O22. The van der Waals surface area contributed by atoms with Crippen LogP contribution in [0.25, 0.3) is 0 Å². The topological polar surface area (TPSA) is 377 Å². The average Bonchev–Trinajstić information content (AvgIpc) is 3.53. The molecule has 0 bridgehead atoms. The quantitative estimate of drug-likeness (QED) is 0.0263. The second-order valence-electron chi connectivity index (χ2n) is 25.2. The molecule has 1 heterocycles. The molecule has 8 N–H and O–H groups in total. The van der Waals surface area contributed by atoms with Crippen LogP contribution in [-0.2, 0) is 90.6 Å². The Morgan fingerprint density at radius 3 is 1.42 bits per heavy atom. The highest BCUT2D eigenvalue weighted by Crippen LogP contribution is 2.26. The summed E-state index contributed by atoms with van der Waals surface area (Å²) in [6.07, 6.45) is -12.4. The summed E-state index contributed by atoms with van der Waals surface area (Å²) in [6, 6.07) is -3.09. The van der Waals surface area contributed by atoms with Gasteiger partial charge in [-0.15, -0.1) is 0 Å². The summed E-state index contributed by atoms with van der Waals surface area (Å²) < 4.78 is 49.0. The Balaban J connectivity index is 3.18. The minimum Gasteiger partial charge on any atom is -0.460 e. The predicted molar refractivity (Wildman–Crippen MR) is 302 cm³/mol. The first kappa shape index (κ1) is 77.0. The number of nitrogens with two attached hydrogens (primary N) is 1. The van der Waals surface area contributed by atoms with E-state index in [0.29, 0.717) is 26.4 Å². The molecule has 0 aromatic carbocycles. The van der Waals surface area contributed by atoms with E-state index in [-0.39, 0.29) is 58.3 Å². The lowest BCUT2D eigenvalue weighted by atomic mass is 9.86. The van der Waals surface area contributed by atoms with Crippen LogP contribution < -0.4 is 21.7 Å². The number of carbonyl (C=O) groups excluding carboxylic acids is 10. The molecule has 5 unspecified atom stereocenters. The first-order chi connectivity index (χ1) is 38.7. The van der Waals surface area contributed by atoms with Crippen molar-refractivity contribution in [3.05, 3.63) is 0 Å². The van der Waals surface area contributed by atoms with Crippen molar-refractivity contribution in [3.8, 4) is 0 Å². The summed E-state index contributed by atoms with van der Waals surface area (Å²) in [7, 11) is 0. The minimum absolute atomic E-state index is 0.0876. The van der Waals surface area contributed by atoms with E-state index in [4.69, 9.17) is 48.4 Å². The van der Waals surface area contributed by atoms with Crippen LogP contribution in [0, 0.1) is 23.7 Å². The second-order valence-corrected chi connectivity index (χ2v) is 25.2. The molecular weight excluding hydrogens is 1100 g/mol. The highest BCUT2D eigenvalue weighted by Gasteiger charge is 2.47. The fraction of sp³-hybridized carbons (Fsp3) is 0.828. The Bertz CT molecular complexity index is 2130. The minimum atomic E-state index is -1.96. The van der Waals surface area contributed by atoms with Crippen LogP contribution in [0.2, 0.25) is 0 Å². The Morgan fingerprint density at radius 2 is 0.929 bits per heavy atom. The number of Topliss-reactive ketones (excluding diaryl/α,β-unsaturated/α-hetero) is 3. The van der Waals surface area contributed by atoms with Gasteiger partial charge < -0.3 is 79.6 Å². The van der Waals surface area contributed by atoms with Gasteiger partial charge in [-0.1, -0.05) is 20.8 Å². The molecule has 0 aliphatic carbocycles. The van der Waals surface area contributed by atoms with Gasteiger partial charge in [0, 0.05) is 50.6 Å². The van der Waals surface area contributed by atoms with Gasteiger partial charge in [0.25, 0.3) is 0 Å². The molecule has 1 fully saturated rings. The molecule has 3 amide bonds. The fourth-order valence-electron chi connectivity index (χ4n) is 8.20. The van der Waals surface area contributed by atoms with E-state index < -0.39 is 180 Å². The Hall–Kier alpha value is -5.06. The van der Waals surface area contributed by atoms with Crippen LogP contribution in [0.3, 0.4) is 0 Å². The van der Waals surface area contributed by atoms with E-state index in [0.717, 1.165) is 0 Å². The predicted octanol–water partition coefficient (Wildman–Crippen LogP) is 1.67. The molecule has 10 atom stereocenters. The van der Waals surface area contributed by atoms with E-state index in [1.807, 2.05) is 0 Å². The summed E-state index contributed by atoms with van der Waals surface area (Å²) in [4.78, 5) is 135. The Labute approximate surface area is 495 Å². The van der Waals surface area contributed by atoms with Crippen LogP contribution in [0.4, 0.5) is 0 Å². The van der Waals surface area contributed by atoms with Crippen molar-refractivity contribution in [1.82, 2.24) is 16.0 Å². The molecule has 0 radical (unpaired) electrons. The summed E-state index contributed by atoms with van der Waals surface area (Å²) in [5, 5.41) is 39.4. The van der Waals surface area contributed by atoms with Crippen molar-refractivity contribution in [2.75, 3.05) is 65.9 Å². The van der Waals surface area contributed by atoms with Gasteiger partial charge in [-0.2, -0.15) is 0 Å². The van der Waals surface area contributed by atoms with E-state index in [9.17, 15) is 63.3 Å². The third-order valence-electron chi connectivity index (χ3n) is 12.2. The molecule has 0 spiro atoms. The maximum absolute atomic E-state index is 14.5. The zero-order chi connectivity index (χ0) is 64.3. The number of carbonyl (C=O) groups is 10. The van der Waals surface area contributed by atoms with Crippen molar-refractivity contribution in [2.45, 2.75) is 220 Å². The summed E-state index contributed by atoms with van der Waals surface area (Å²) in [6.45, 7) is 26.2. The second kappa shape index (κ2) is 36.8. The van der Waals surface area contributed by atoms with Crippen molar-refractivity contribution >= 4 is 58.9 Å². The van der Waals surface area contributed by atoms with Crippen molar-refractivity contribution < 1.29 is 106 Å². The van der Waals surface area contributed by atoms with E-state index in [1.165, 1.54) is 6.92 Å². The van der Waals surface area contributed by atoms with Crippen LogP contribution in [-0.4, -0.2) is 205 Å². The largest absolute Gasteiger partial charge is 0.460 e. The number of aliphatic hydroxyl groups is 3. The number of nitrogens with one attached hydrogen (secondary N) is 3. The van der Waals surface area contributed by atoms with Gasteiger partial charge in [0.05, 0.1) is 96.2 Å². The monoisotopic (exact) mass is 1200 g/mol. The Morgan fingerprint density at radius 1 is 0.488 bits per heavy atom. The number of hydrogen-bond donors (Lipinski definition) is 7. The van der Waals surface area contributed by atoms with E-state index in [1.54, 1.807) is 96.9 Å². The molecule has 1 aliphatic heterocycles. The molecule has 1 aliphatic rings. The van der Waals surface area contributed by atoms with Crippen LogP contribution in [0.5, 0.6) is 0 Å². The average molecular weight is 1210 g/mol. The lowest BCUT2D eigenvalue weighted by Gasteiger charge is -2.39. The highest BCUT2D eigenvalue weighted by atomic mass is 16.6. The first-order valence-corrected chi connectivity index (χ1v) is 28.8. The number of hydrogen-bond acceptors (Lipinski definition) is 23. The summed E-state index contributed by atoms with van der Waals surface area (Å²) >= 11 is 0. The molecule has 1 rings (SSSR count). The van der Waals surface area contributed by atoms with E-state index in [2.05, 4.69) is 16.0 Å². The molecule has 484 valence electrons. The maximum atomic E-state index is 14.5. The lowest BCUT2D eigenvalue weighted by molar-refractivity contribution is -0.217. The van der Waals surface area contributed by atoms with Crippen LogP contribution >= 0.6 is 0 Å². The van der Waals surface area contributed by atoms with Gasteiger partial charge in [0.2, 0.25) is 17.7 Å². The van der Waals surface area contributed by atoms with Gasteiger partial charge >= 0.3 is 23.9 Å². The zero-order valence-corrected chi connectivity index (χ0v) is 52.3.